The van der Waals surface area contributed by atoms with Crippen molar-refractivity contribution in [3.05, 3.63) is 71.4 Å². The first-order chi connectivity index (χ1) is 19.4. The Labute approximate surface area is 235 Å². The molecule has 41 heavy (non-hydrogen) atoms. The van der Waals surface area contributed by atoms with Crippen molar-refractivity contribution in [2.75, 3.05) is 10.6 Å². The van der Waals surface area contributed by atoms with Crippen LogP contribution in [-0.4, -0.2) is 45.1 Å². The minimum Gasteiger partial charge on any atom is -0.389 e. The summed E-state index contributed by atoms with van der Waals surface area (Å²) in [6.07, 6.45) is 1.22. The number of aromatic nitrogens is 2. The highest BCUT2D eigenvalue weighted by atomic mass is 19.1. The molecular formula is C29H32F3N5O4. The van der Waals surface area contributed by atoms with E-state index in [2.05, 4.69) is 20.6 Å². The molecule has 1 saturated heterocycles. The highest BCUT2D eigenvalue weighted by Crippen LogP contribution is 2.37. The van der Waals surface area contributed by atoms with Gasteiger partial charge < -0.3 is 26.2 Å². The van der Waals surface area contributed by atoms with Crippen LogP contribution in [0.3, 0.4) is 0 Å². The normalized spacial score (nSPS) is 20.8. The smallest absolute Gasteiger partial charge is 0.274 e. The van der Waals surface area contributed by atoms with E-state index in [1.165, 1.54) is 12.4 Å². The minimum atomic E-state index is -1.23. The van der Waals surface area contributed by atoms with Gasteiger partial charge in [-0.05, 0) is 42.7 Å². The van der Waals surface area contributed by atoms with Gasteiger partial charge in [0.1, 0.15) is 23.0 Å². The van der Waals surface area contributed by atoms with Crippen LogP contribution in [0.5, 0.6) is 0 Å². The lowest BCUT2D eigenvalue weighted by molar-refractivity contribution is -0.145. The van der Waals surface area contributed by atoms with Gasteiger partial charge in [0.25, 0.3) is 5.91 Å². The molecule has 0 aliphatic carbocycles. The number of aliphatic hydroxyl groups is 1. The van der Waals surface area contributed by atoms with Crippen molar-refractivity contribution in [2.45, 2.75) is 58.5 Å². The number of benzene rings is 1. The Hall–Kier alpha value is -3.87. The Balaban J connectivity index is 1.64. The van der Waals surface area contributed by atoms with Crippen molar-refractivity contribution in [2.24, 2.45) is 17.6 Å². The predicted molar refractivity (Wildman–Crippen MR) is 146 cm³/mol. The summed E-state index contributed by atoms with van der Waals surface area (Å²) >= 11 is 0. The molecule has 0 radical (unpaired) electrons. The van der Waals surface area contributed by atoms with Crippen molar-refractivity contribution in [3.63, 3.8) is 0 Å². The van der Waals surface area contributed by atoms with Crippen molar-refractivity contribution < 1.29 is 32.6 Å². The van der Waals surface area contributed by atoms with Crippen LogP contribution >= 0.6 is 0 Å². The van der Waals surface area contributed by atoms with Gasteiger partial charge in [0, 0.05) is 23.7 Å². The lowest BCUT2D eigenvalue weighted by Gasteiger charge is -2.40. The number of pyridine rings is 2. The van der Waals surface area contributed by atoms with Crippen LogP contribution in [0, 0.1) is 29.3 Å². The number of nitrogens with zero attached hydrogens (tertiary/aromatic N) is 2. The summed E-state index contributed by atoms with van der Waals surface area (Å²) in [5, 5.41) is 15.5. The lowest BCUT2D eigenvalue weighted by Crippen LogP contribution is -2.51. The second kappa shape index (κ2) is 12.3. The number of anilines is 2. The lowest BCUT2D eigenvalue weighted by atomic mass is 9.88. The third-order valence-electron chi connectivity index (χ3n) is 6.88. The van der Waals surface area contributed by atoms with Crippen LogP contribution in [0.25, 0.3) is 11.3 Å². The molecule has 1 aromatic carbocycles. The van der Waals surface area contributed by atoms with Gasteiger partial charge in [0.15, 0.2) is 5.82 Å². The molecule has 12 heteroatoms. The largest absolute Gasteiger partial charge is 0.389 e. The van der Waals surface area contributed by atoms with E-state index in [0.717, 1.165) is 24.3 Å². The first kappa shape index (κ1) is 30.1. The zero-order valence-corrected chi connectivity index (χ0v) is 23.0. The second-order valence-corrected chi connectivity index (χ2v) is 10.6. The Kier molecular flexibility index (Phi) is 9.05. The van der Waals surface area contributed by atoms with Crippen LogP contribution in [0.4, 0.5) is 24.5 Å². The zero-order chi connectivity index (χ0) is 30.0. The van der Waals surface area contributed by atoms with E-state index in [0.29, 0.717) is 5.56 Å². The molecule has 2 aromatic heterocycles. The first-order valence-electron chi connectivity index (χ1n) is 13.2. The van der Waals surface area contributed by atoms with E-state index in [1.807, 2.05) is 13.8 Å². The van der Waals surface area contributed by atoms with Crippen LogP contribution in [0.2, 0.25) is 0 Å². The summed E-state index contributed by atoms with van der Waals surface area (Å²) in [6.45, 7) is 6.98. The van der Waals surface area contributed by atoms with Gasteiger partial charge in [-0.3, -0.25) is 14.6 Å². The number of rotatable bonds is 7. The molecule has 1 fully saturated rings. The molecule has 3 aromatic rings. The molecule has 1 aliphatic rings. The van der Waals surface area contributed by atoms with Gasteiger partial charge in [-0.2, -0.15) is 0 Å². The fraction of sp³-hybridized carbons (Fsp3) is 0.379. The molecule has 1 aliphatic heterocycles. The highest BCUT2D eigenvalue weighted by Gasteiger charge is 2.38. The number of halogens is 3. The average Bonchev–Trinajstić information content (AvgIpc) is 2.92. The van der Waals surface area contributed by atoms with Crippen LogP contribution < -0.4 is 16.4 Å². The van der Waals surface area contributed by atoms with Crippen molar-refractivity contribution in [1.29, 1.82) is 0 Å². The number of nitrogens with one attached hydrogen (secondary N) is 2. The van der Waals surface area contributed by atoms with Crippen LogP contribution in [0.1, 0.15) is 56.3 Å². The number of hydrogen-bond donors (Lipinski definition) is 4. The van der Waals surface area contributed by atoms with Gasteiger partial charge in [0.2, 0.25) is 5.91 Å². The van der Waals surface area contributed by atoms with Crippen molar-refractivity contribution in [3.8, 4) is 11.3 Å². The van der Waals surface area contributed by atoms with Crippen LogP contribution in [0.15, 0.2) is 42.7 Å². The average molecular weight is 572 g/mol. The van der Waals surface area contributed by atoms with Gasteiger partial charge >= 0.3 is 0 Å². The molecule has 2 amide bonds. The highest BCUT2D eigenvalue weighted by molar-refractivity contribution is 6.03. The number of nitrogens with two attached hydrogens (primary N) is 1. The van der Waals surface area contributed by atoms with E-state index in [4.69, 9.17) is 10.5 Å². The monoisotopic (exact) mass is 571 g/mol. The van der Waals surface area contributed by atoms with Gasteiger partial charge in [-0.25, -0.2) is 18.2 Å². The molecule has 0 bridgehead atoms. The Bertz CT molecular complexity index is 1450. The summed E-state index contributed by atoms with van der Waals surface area (Å²) < 4.78 is 51.0. The van der Waals surface area contributed by atoms with Crippen LogP contribution in [-0.2, 0) is 9.53 Å². The number of carbonyl (C=O) groups is 2. The summed E-state index contributed by atoms with van der Waals surface area (Å²) in [5.74, 6) is -5.27. The molecule has 218 valence electrons. The maximum Gasteiger partial charge on any atom is 0.274 e. The Morgan fingerprint density at radius 1 is 1.02 bits per heavy atom. The van der Waals surface area contributed by atoms with Crippen molar-refractivity contribution >= 4 is 23.2 Å². The maximum absolute atomic E-state index is 15.3. The third kappa shape index (κ3) is 6.39. The molecule has 4 atom stereocenters. The SMILES string of the molecule is CC(C)C(=O)Nc1ccc(F)c(-c2nc(C(=O)Nc3cnccc3[C@H]3C[C@@H](N)[C@H](O)[C@@H](C(C)C)O3)ccc2F)c1F. The molecule has 0 spiro atoms. The molecule has 0 unspecified atom stereocenters. The van der Waals surface area contributed by atoms with E-state index >= 15 is 4.39 Å². The number of aliphatic hydroxyl groups excluding tert-OH is 1. The number of hydrogen-bond acceptors (Lipinski definition) is 7. The second-order valence-electron chi connectivity index (χ2n) is 10.6. The number of ether oxygens (including phenoxy) is 1. The molecule has 3 heterocycles. The molecule has 5 N–H and O–H groups in total. The topological polar surface area (TPSA) is 139 Å². The fourth-order valence-electron chi connectivity index (χ4n) is 4.57. The standard InChI is InChI=1S/C29H32F3N5O4/c1-13(2)27-26(38)18(33)11-22(41-27)15-9-10-34-12-21(15)37-29(40)20-8-6-17(31)25(35-20)23-16(30)5-7-19(24(23)32)36-28(39)14(3)4/h5-10,12-14,18,22,26-27,38H,11,33H2,1-4H3,(H,36,39)(H,37,40)/t18-,22-,26+,27-/m1/s1. The molecule has 0 saturated carbocycles. The van der Waals surface area contributed by atoms with E-state index in [1.54, 1.807) is 19.9 Å². The summed E-state index contributed by atoms with van der Waals surface area (Å²) in [6, 6.07) is 4.92. The summed E-state index contributed by atoms with van der Waals surface area (Å²) in [5.41, 5.74) is 4.73. The molecular weight excluding hydrogens is 539 g/mol. The number of amides is 2. The molecule has 9 nitrogen and oxygen atoms in total. The number of carbonyl (C=O) groups excluding carboxylic acids is 2. The van der Waals surface area contributed by atoms with E-state index in [9.17, 15) is 23.5 Å². The predicted octanol–water partition coefficient (Wildman–Crippen LogP) is 4.58. The van der Waals surface area contributed by atoms with Gasteiger partial charge in [-0.1, -0.05) is 27.7 Å². The Morgan fingerprint density at radius 3 is 2.41 bits per heavy atom. The fourth-order valence-corrected chi connectivity index (χ4v) is 4.57. The minimum absolute atomic E-state index is 0.0291. The maximum atomic E-state index is 15.3. The van der Waals surface area contributed by atoms with Gasteiger partial charge in [0.05, 0.1) is 41.4 Å². The van der Waals surface area contributed by atoms with Gasteiger partial charge in [-0.15, -0.1) is 0 Å². The Morgan fingerprint density at radius 2 is 1.73 bits per heavy atom. The molecule has 4 rings (SSSR count). The third-order valence-corrected chi connectivity index (χ3v) is 6.88. The van der Waals surface area contributed by atoms with E-state index < -0.39 is 70.8 Å². The quantitative estimate of drug-likeness (QED) is 0.326. The van der Waals surface area contributed by atoms with E-state index in [-0.39, 0.29) is 29.4 Å². The van der Waals surface area contributed by atoms with Crippen molar-refractivity contribution in [1.82, 2.24) is 9.97 Å². The first-order valence-corrected chi connectivity index (χ1v) is 13.2. The summed E-state index contributed by atoms with van der Waals surface area (Å²) in [4.78, 5) is 33.3. The zero-order valence-electron chi connectivity index (χ0n) is 23.0. The summed E-state index contributed by atoms with van der Waals surface area (Å²) in [7, 11) is 0.